The van der Waals surface area contributed by atoms with Crippen molar-refractivity contribution in [3.63, 3.8) is 0 Å². The molecule has 6 rings (SSSR count). The monoisotopic (exact) mass is 488 g/mol. The van der Waals surface area contributed by atoms with E-state index in [1.165, 1.54) is 6.07 Å². The van der Waals surface area contributed by atoms with E-state index in [9.17, 15) is 4.39 Å². The van der Waals surface area contributed by atoms with Crippen molar-refractivity contribution in [2.24, 2.45) is 0 Å². The van der Waals surface area contributed by atoms with Crippen molar-refractivity contribution in [1.82, 2.24) is 24.5 Å². The number of anilines is 1. The molecule has 0 bridgehead atoms. The van der Waals surface area contributed by atoms with Gasteiger partial charge in [0.1, 0.15) is 23.9 Å². The van der Waals surface area contributed by atoms with Gasteiger partial charge in [-0.2, -0.15) is 0 Å². The van der Waals surface area contributed by atoms with Crippen molar-refractivity contribution in [1.29, 1.82) is 0 Å². The molecule has 8 nitrogen and oxygen atoms in total. The highest BCUT2D eigenvalue weighted by molar-refractivity contribution is 5.61. The fourth-order valence-corrected chi connectivity index (χ4v) is 5.03. The summed E-state index contributed by atoms with van der Waals surface area (Å²) in [5.41, 5.74) is 3.27. The van der Waals surface area contributed by atoms with Crippen LogP contribution in [-0.2, 0) is 4.74 Å². The number of morpholine rings is 1. The maximum absolute atomic E-state index is 13.9. The Morgan fingerprint density at radius 3 is 2.81 bits per heavy atom. The summed E-state index contributed by atoms with van der Waals surface area (Å²) >= 11 is 0. The summed E-state index contributed by atoms with van der Waals surface area (Å²) in [6, 6.07) is 16.7. The molecule has 3 aromatic heterocycles. The Hall–Kier alpha value is -3.56. The first-order valence-corrected chi connectivity index (χ1v) is 12.5. The van der Waals surface area contributed by atoms with Gasteiger partial charge >= 0.3 is 0 Å². The van der Waals surface area contributed by atoms with Gasteiger partial charge in [-0.1, -0.05) is 18.2 Å². The predicted octanol–water partition coefficient (Wildman–Crippen LogP) is 3.98. The Bertz CT molecular complexity index is 1340. The standard InChI is InChI=1S/C27H29FN6O2/c28-21-5-1-4-20(18-21)23-7-3-11-33(23)26-10-9-25-29-19-24(34(25)31-26)22-6-2-8-27(30-22)36-17-14-32-12-15-35-16-13-32/h1-2,4-6,8-10,18-19,23H,3,7,11-17H2. The molecule has 2 aliphatic rings. The van der Waals surface area contributed by atoms with E-state index in [0.717, 1.165) is 80.7 Å². The zero-order valence-corrected chi connectivity index (χ0v) is 20.1. The highest BCUT2D eigenvalue weighted by atomic mass is 19.1. The van der Waals surface area contributed by atoms with E-state index in [1.807, 2.05) is 40.9 Å². The molecule has 9 heteroatoms. The van der Waals surface area contributed by atoms with Gasteiger partial charge in [0, 0.05) is 32.2 Å². The van der Waals surface area contributed by atoms with E-state index in [-0.39, 0.29) is 11.9 Å². The van der Waals surface area contributed by atoms with Crippen LogP contribution in [0.2, 0.25) is 0 Å². The van der Waals surface area contributed by atoms with Crippen LogP contribution in [0.15, 0.2) is 60.8 Å². The molecule has 0 aliphatic carbocycles. The van der Waals surface area contributed by atoms with Gasteiger partial charge in [0.15, 0.2) is 5.65 Å². The number of pyridine rings is 1. The summed E-state index contributed by atoms with van der Waals surface area (Å²) in [6.07, 6.45) is 3.79. The zero-order valence-electron chi connectivity index (χ0n) is 20.1. The predicted molar refractivity (Wildman–Crippen MR) is 135 cm³/mol. The minimum Gasteiger partial charge on any atom is -0.476 e. The fraction of sp³-hybridized carbons (Fsp3) is 0.370. The molecule has 2 fully saturated rings. The summed E-state index contributed by atoms with van der Waals surface area (Å²) in [6.45, 7) is 5.71. The Kier molecular flexibility index (Phi) is 6.48. The molecule has 1 atom stereocenters. The van der Waals surface area contributed by atoms with Crippen LogP contribution in [0.5, 0.6) is 5.88 Å². The van der Waals surface area contributed by atoms with Crippen LogP contribution in [0.25, 0.3) is 17.0 Å². The average molecular weight is 489 g/mol. The molecular formula is C27H29FN6O2. The van der Waals surface area contributed by atoms with Gasteiger partial charge in [0.2, 0.25) is 5.88 Å². The highest BCUT2D eigenvalue weighted by Crippen LogP contribution is 2.35. The number of hydrogen-bond acceptors (Lipinski definition) is 7. The Morgan fingerprint density at radius 1 is 1.03 bits per heavy atom. The summed E-state index contributed by atoms with van der Waals surface area (Å²) in [7, 11) is 0. The largest absolute Gasteiger partial charge is 0.476 e. The number of imidazole rings is 1. The second-order valence-electron chi connectivity index (χ2n) is 9.17. The quantitative estimate of drug-likeness (QED) is 0.390. The molecule has 2 aliphatic heterocycles. The third-order valence-corrected chi connectivity index (χ3v) is 6.88. The fourth-order valence-electron chi connectivity index (χ4n) is 5.03. The lowest BCUT2D eigenvalue weighted by Gasteiger charge is -2.26. The zero-order chi connectivity index (χ0) is 24.3. The Labute approximate surface area is 209 Å². The molecule has 1 unspecified atom stereocenters. The molecule has 36 heavy (non-hydrogen) atoms. The van der Waals surface area contributed by atoms with Gasteiger partial charge < -0.3 is 14.4 Å². The van der Waals surface area contributed by atoms with Gasteiger partial charge in [0.25, 0.3) is 0 Å². The van der Waals surface area contributed by atoms with Gasteiger partial charge in [-0.15, -0.1) is 5.10 Å². The van der Waals surface area contributed by atoms with E-state index >= 15 is 0 Å². The second kappa shape index (κ2) is 10.2. The minimum absolute atomic E-state index is 0.0962. The molecule has 1 aromatic carbocycles. The molecule has 2 saturated heterocycles. The van der Waals surface area contributed by atoms with Gasteiger partial charge in [-0.3, -0.25) is 4.90 Å². The lowest BCUT2D eigenvalue weighted by molar-refractivity contribution is 0.0320. The molecular weight excluding hydrogens is 459 g/mol. The van der Waals surface area contributed by atoms with Crippen molar-refractivity contribution in [2.75, 3.05) is 50.9 Å². The van der Waals surface area contributed by atoms with Crippen LogP contribution in [0, 0.1) is 5.82 Å². The van der Waals surface area contributed by atoms with E-state index in [4.69, 9.17) is 19.6 Å². The molecule has 0 spiro atoms. The number of rotatable bonds is 7. The number of ether oxygens (including phenoxy) is 2. The van der Waals surface area contributed by atoms with Crippen LogP contribution in [0.4, 0.5) is 10.2 Å². The molecule has 4 aromatic rings. The van der Waals surface area contributed by atoms with E-state index in [2.05, 4.69) is 14.8 Å². The van der Waals surface area contributed by atoms with Crippen molar-refractivity contribution < 1.29 is 13.9 Å². The lowest BCUT2D eigenvalue weighted by atomic mass is 10.0. The van der Waals surface area contributed by atoms with Crippen LogP contribution in [0.3, 0.4) is 0 Å². The number of fused-ring (bicyclic) bond motifs is 1. The topological polar surface area (TPSA) is 68.0 Å². The maximum atomic E-state index is 13.9. The Morgan fingerprint density at radius 2 is 1.92 bits per heavy atom. The number of halogens is 1. The van der Waals surface area contributed by atoms with E-state index < -0.39 is 0 Å². The number of hydrogen-bond donors (Lipinski definition) is 0. The van der Waals surface area contributed by atoms with Crippen LogP contribution >= 0.6 is 0 Å². The lowest BCUT2D eigenvalue weighted by Crippen LogP contribution is -2.38. The smallest absolute Gasteiger partial charge is 0.213 e. The first-order valence-electron chi connectivity index (χ1n) is 12.5. The third kappa shape index (κ3) is 4.76. The highest BCUT2D eigenvalue weighted by Gasteiger charge is 2.28. The average Bonchev–Trinajstić information content (AvgIpc) is 3.57. The first-order chi connectivity index (χ1) is 17.7. The summed E-state index contributed by atoms with van der Waals surface area (Å²) in [5, 5.41) is 4.93. The number of benzene rings is 1. The summed E-state index contributed by atoms with van der Waals surface area (Å²) in [4.78, 5) is 13.8. The molecule has 186 valence electrons. The van der Waals surface area contributed by atoms with Gasteiger partial charge in [-0.25, -0.2) is 18.9 Å². The SMILES string of the molecule is Fc1cccc(C2CCCN2c2ccc3ncc(-c4cccc(OCCN5CCOCC5)n4)n3n2)c1. The van der Waals surface area contributed by atoms with E-state index in [0.29, 0.717) is 12.5 Å². The van der Waals surface area contributed by atoms with Gasteiger partial charge in [0.05, 0.1) is 31.1 Å². The summed E-state index contributed by atoms with van der Waals surface area (Å²) < 4.78 is 27.1. The van der Waals surface area contributed by atoms with Crippen molar-refractivity contribution in [3.8, 4) is 17.3 Å². The van der Waals surface area contributed by atoms with Gasteiger partial charge in [-0.05, 0) is 48.7 Å². The molecule has 0 radical (unpaired) electrons. The van der Waals surface area contributed by atoms with Crippen LogP contribution in [-0.4, -0.2) is 70.5 Å². The molecule has 0 saturated carbocycles. The first kappa shape index (κ1) is 22.9. The molecule has 5 heterocycles. The van der Waals surface area contributed by atoms with Crippen LogP contribution < -0.4 is 9.64 Å². The molecule has 0 N–H and O–H groups in total. The third-order valence-electron chi connectivity index (χ3n) is 6.88. The maximum Gasteiger partial charge on any atom is 0.213 e. The van der Waals surface area contributed by atoms with Crippen molar-refractivity contribution in [3.05, 3.63) is 72.2 Å². The number of nitrogens with zero attached hydrogens (tertiary/aromatic N) is 6. The van der Waals surface area contributed by atoms with Crippen LogP contribution in [0.1, 0.15) is 24.4 Å². The molecule has 0 amide bonds. The van der Waals surface area contributed by atoms with Crippen molar-refractivity contribution in [2.45, 2.75) is 18.9 Å². The van der Waals surface area contributed by atoms with Crippen molar-refractivity contribution >= 4 is 11.5 Å². The van der Waals surface area contributed by atoms with E-state index in [1.54, 1.807) is 18.3 Å². The second-order valence-corrected chi connectivity index (χ2v) is 9.17. The Balaban J connectivity index is 1.23. The minimum atomic E-state index is -0.210. The normalized spacial score (nSPS) is 18.7. The summed E-state index contributed by atoms with van der Waals surface area (Å²) in [5.74, 6) is 1.21. The number of aromatic nitrogens is 4.